The Hall–Kier alpha value is -2.30. The molecule has 0 unspecified atom stereocenters. The number of halogens is 1. The summed E-state index contributed by atoms with van der Waals surface area (Å²) in [6.07, 6.45) is 1.72. The SMILES string of the molecule is Nc1cc(CO)cc(Nc2ccnc3cc(Cl)ccc23)c1. The summed E-state index contributed by atoms with van der Waals surface area (Å²) in [5, 5.41) is 14.2. The average molecular weight is 300 g/mol. The molecule has 0 fully saturated rings. The number of nitrogens with one attached hydrogen (secondary N) is 1. The van der Waals surface area contributed by atoms with Crippen molar-refractivity contribution in [2.75, 3.05) is 11.1 Å². The molecule has 0 aliphatic carbocycles. The van der Waals surface area contributed by atoms with Gasteiger partial charge in [-0.15, -0.1) is 0 Å². The van der Waals surface area contributed by atoms with Crippen LogP contribution in [0.25, 0.3) is 10.9 Å². The average Bonchev–Trinajstić information content (AvgIpc) is 2.46. The van der Waals surface area contributed by atoms with E-state index in [1.54, 1.807) is 12.3 Å². The molecule has 4 N–H and O–H groups in total. The van der Waals surface area contributed by atoms with Crippen molar-refractivity contribution in [2.24, 2.45) is 0 Å². The largest absolute Gasteiger partial charge is 0.399 e. The van der Waals surface area contributed by atoms with E-state index in [1.807, 2.05) is 36.4 Å². The minimum Gasteiger partial charge on any atom is -0.399 e. The van der Waals surface area contributed by atoms with E-state index >= 15 is 0 Å². The summed E-state index contributed by atoms with van der Waals surface area (Å²) in [7, 11) is 0. The molecule has 4 nitrogen and oxygen atoms in total. The van der Waals surface area contributed by atoms with Gasteiger partial charge in [0.15, 0.2) is 0 Å². The number of nitrogen functional groups attached to an aromatic ring is 1. The standard InChI is InChI=1S/C16H14ClN3O/c17-11-1-2-14-15(3-4-19-16(14)7-11)20-13-6-10(9-21)5-12(18)8-13/h1-8,21H,9,18H2,(H,19,20). The fourth-order valence-electron chi connectivity index (χ4n) is 2.27. The molecule has 106 valence electrons. The normalized spacial score (nSPS) is 10.8. The van der Waals surface area contributed by atoms with Crippen molar-refractivity contribution in [3.8, 4) is 0 Å². The number of hydrogen-bond donors (Lipinski definition) is 3. The Morgan fingerprint density at radius 3 is 2.81 bits per heavy atom. The first-order chi connectivity index (χ1) is 10.2. The summed E-state index contributed by atoms with van der Waals surface area (Å²) in [5.74, 6) is 0. The second-order valence-corrected chi connectivity index (χ2v) is 5.20. The molecule has 0 saturated heterocycles. The second kappa shape index (κ2) is 5.60. The second-order valence-electron chi connectivity index (χ2n) is 4.77. The molecule has 0 atom stereocenters. The van der Waals surface area contributed by atoms with E-state index in [4.69, 9.17) is 17.3 Å². The van der Waals surface area contributed by atoms with Crippen LogP contribution in [0.3, 0.4) is 0 Å². The van der Waals surface area contributed by atoms with Gasteiger partial charge in [-0.3, -0.25) is 4.98 Å². The topological polar surface area (TPSA) is 71.2 Å². The highest BCUT2D eigenvalue weighted by molar-refractivity contribution is 6.31. The third-order valence-corrected chi connectivity index (χ3v) is 3.42. The minimum atomic E-state index is -0.0492. The van der Waals surface area contributed by atoms with Gasteiger partial charge in [-0.25, -0.2) is 0 Å². The number of nitrogens with zero attached hydrogens (tertiary/aromatic N) is 1. The van der Waals surface area contributed by atoms with Crippen LogP contribution in [0.2, 0.25) is 5.02 Å². The van der Waals surface area contributed by atoms with Crippen LogP contribution >= 0.6 is 11.6 Å². The maximum Gasteiger partial charge on any atom is 0.0737 e. The quantitative estimate of drug-likeness (QED) is 0.645. The Bertz CT molecular complexity index is 805. The maximum absolute atomic E-state index is 9.25. The van der Waals surface area contributed by atoms with E-state index in [0.717, 1.165) is 27.8 Å². The highest BCUT2D eigenvalue weighted by atomic mass is 35.5. The van der Waals surface area contributed by atoms with E-state index < -0.39 is 0 Å². The third kappa shape index (κ3) is 2.91. The number of hydrogen-bond acceptors (Lipinski definition) is 4. The Kier molecular flexibility index (Phi) is 3.64. The summed E-state index contributed by atoms with van der Waals surface area (Å²) >= 11 is 5.99. The lowest BCUT2D eigenvalue weighted by molar-refractivity contribution is 0.282. The highest BCUT2D eigenvalue weighted by Gasteiger charge is 2.04. The van der Waals surface area contributed by atoms with Crippen molar-refractivity contribution in [1.29, 1.82) is 0 Å². The summed E-state index contributed by atoms with van der Waals surface area (Å²) in [4.78, 5) is 4.31. The number of rotatable bonds is 3. The van der Waals surface area contributed by atoms with E-state index in [-0.39, 0.29) is 6.61 Å². The molecular weight excluding hydrogens is 286 g/mol. The van der Waals surface area contributed by atoms with Crippen molar-refractivity contribution in [2.45, 2.75) is 6.61 Å². The Balaban J connectivity index is 2.04. The molecule has 0 aliphatic heterocycles. The van der Waals surface area contributed by atoms with E-state index in [1.165, 1.54) is 0 Å². The minimum absolute atomic E-state index is 0.0492. The Morgan fingerprint density at radius 1 is 1.14 bits per heavy atom. The third-order valence-electron chi connectivity index (χ3n) is 3.18. The fraction of sp³-hybridized carbons (Fsp3) is 0.0625. The fourth-order valence-corrected chi connectivity index (χ4v) is 2.43. The first-order valence-electron chi connectivity index (χ1n) is 6.47. The lowest BCUT2D eigenvalue weighted by Crippen LogP contribution is -1.96. The van der Waals surface area contributed by atoms with Crippen LogP contribution in [-0.2, 0) is 6.61 Å². The molecule has 3 aromatic rings. The van der Waals surface area contributed by atoms with Gasteiger partial charge in [-0.2, -0.15) is 0 Å². The summed E-state index contributed by atoms with van der Waals surface area (Å²) < 4.78 is 0. The number of anilines is 3. The van der Waals surface area contributed by atoms with Crippen molar-refractivity contribution < 1.29 is 5.11 Å². The van der Waals surface area contributed by atoms with Gasteiger partial charge in [0.05, 0.1) is 12.1 Å². The van der Waals surface area contributed by atoms with Gasteiger partial charge in [0.25, 0.3) is 0 Å². The van der Waals surface area contributed by atoms with Gasteiger partial charge in [0.2, 0.25) is 0 Å². The van der Waals surface area contributed by atoms with Crippen molar-refractivity contribution in [1.82, 2.24) is 4.98 Å². The number of aromatic nitrogens is 1. The molecule has 1 heterocycles. The summed E-state index contributed by atoms with van der Waals surface area (Å²) in [5.41, 5.74) is 9.75. The van der Waals surface area contributed by atoms with Crippen LogP contribution in [0.15, 0.2) is 48.7 Å². The van der Waals surface area contributed by atoms with E-state index in [0.29, 0.717) is 10.7 Å². The molecule has 21 heavy (non-hydrogen) atoms. The van der Waals surface area contributed by atoms with Crippen LogP contribution in [-0.4, -0.2) is 10.1 Å². The zero-order valence-corrected chi connectivity index (χ0v) is 11.9. The molecule has 0 amide bonds. The van der Waals surface area contributed by atoms with E-state index in [2.05, 4.69) is 10.3 Å². The van der Waals surface area contributed by atoms with Crippen molar-refractivity contribution in [3.05, 3.63) is 59.2 Å². The summed E-state index contributed by atoms with van der Waals surface area (Å²) in [6, 6.07) is 12.9. The predicted molar refractivity (Wildman–Crippen MR) is 86.8 cm³/mol. The van der Waals surface area contributed by atoms with Crippen molar-refractivity contribution in [3.63, 3.8) is 0 Å². The lowest BCUT2D eigenvalue weighted by atomic mass is 10.1. The molecule has 0 bridgehead atoms. The molecule has 0 saturated carbocycles. The van der Waals surface area contributed by atoms with Gasteiger partial charge in [0, 0.05) is 33.7 Å². The van der Waals surface area contributed by atoms with Gasteiger partial charge in [0.1, 0.15) is 0 Å². The molecule has 1 aromatic heterocycles. The van der Waals surface area contributed by atoms with Crippen LogP contribution in [0, 0.1) is 0 Å². The number of aliphatic hydroxyl groups is 1. The molecule has 5 heteroatoms. The molecule has 3 rings (SSSR count). The van der Waals surface area contributed by atoms with Crippen LogP contribution in [0.5, 0.6) is 0 Å². The number of benzene rings is 2. The van der Waals surface area contributed by atoms with E-state index in [9.17, 15) is 5.11 Å². The molecular formula is C16H14ClN3O. The van der Waals surface area contributed by atoms with Crippen LogP contribution < -0.4 is 11.1 Å². The monoisotopic (exact) mass is 299 g/mol. The first-order valence-corrected chi connectivity index (χ1v) is 6.85. The summed E-state index contributed by atoms with van der Waals surface area (Å²) in [6.45, 7) is -0.0492. The van der Waals surface area contributed by atoms with Gasteiger partial charge < -0.3 is 16.2 Å². The molecule has 0 aliphatic rings. The van der Waals surface area contributed by atoms with Gasteiger partial charge in [-0.05, 0) is 48.0 Å². The number of fused-ring (bicyclic) bond motifs is 1. The Labute approximate surface area is 127 Å². The Morgan fingerprint density at radius 2 is 2.00 bits per heavy atom. The van der Waals surface area contributed by atoms with Crippen LogP contribution in [0.4, 0.5) is 17.1 Å². The lowest BCUT2D eigenvalue weighted by Gasteiger charge is -2.11. The smallest absolute Gasteiger partial charge is 0.0737 e. The molecule has 0 spiro atoms. The number of nitrogens with two attached hydrogens (primary N) is 1. The zero-order chi connectivity index (χ0) is 14.8. The van der Waals surface area contributed by atoms with Gasteiger partial charge in [-0.1, -0.05) is 11.6 Å². The van der Waals surface area contributed by atoms with Crippen molar-refractivity contribution >= 4 is 39.6 Å². The van der Waals surface area contributed by atoms with Crippen LogP contribution in [0.1, 0.15) is 5.56 Å². The predicted octanol–water partition coefficient (Wildman–Crippen LogP) is 3.71. The van der Waals surface area contributed by atoms with Gasteiger partial charge >= 0.3 is 0 Å². The number of pyridine rings is 1. The zero-order valence-electron chi connectivity index (χ0n) is 11.2. The first kappa shape index (κ1) is 13.7. The maximum atomic E-state index is 9.25. The number of aliphatic hydroxyl groups excluding tert-OH is 1. The highest BCUT2D eigenvalue weighted by Crippen LogP contribution is 2.28. The molecule has 2 aromatic carbocycles. The molecule has 0 radical (unpaired) electrons.